The lowest BCUT2D eigenvalue weighted by Gasteiger charge is -2.13. The topological polar surface area (TPSA) is 77.4 Å². The smallest absolute Gasteiger partial charge is 0.330 e. The summed E-state index contributed by atoms with van der Waals surface area (Å²) in [6.07, 6.45) is 6.44. The summed E-state index contributed by atoms with van der Waals surface area (Å²) >= 11 is 0. The van der Waals surface area contributed by atoms with Gasteiger partial charge in [-0.3, -0.25) is 0 Å². The van der Waals surface area contributed by atoms with Crippen molar-refractivity contribution in [1.82, 2.24) is 0 Å². The Morgan fingerprint density at radius 2 is 2.12 bits per heavy atom. The van der Waals surface area contributed by atoms with Gasteiger partial charge in [-0.2, -0.15) is 4.89 Å². The summed E-state index contributed by atoms with van der Waals surface area (Å²) in [7, 11) is 1.25. The molecule has 1 unspecified atom stereocenters. The SMILES string of the molecule is COC(=O)/C=C\C(OO)ON=C1CCCCC1. The van der Waals surface area contributed by atoms with Gasteiger partial charge in [-0.1, -0.05) is 11.6 Å². The van der Waals surface area contributed by atoms with Crippen LogP contribution in [0.5, 0.6) is 0 Å². The third kappa shape index (κ3) is 5.46. The van der Waals surface area contributed by atoms with E-state index in [-0.39, 0.29) is 0 Å². The fourth-order valence-corrected chi connectivity index (χ4v) is 1.49. The predicted octanol–water partition coefficient (Wildman–Crippen LogP) is 1.87. The largest absolute Gasteiger partial charge is 0.466 e. The van der Waals surface area contributed by atoms with Gasteiger partial charge in [-0.15, -0.1) is 0 Å². The Bertz CT molecular complexity index is 292. The number of carbonyl (C=O) groups excluding carboxylic acids is 1. The number of hydrogen-bond acceptors (Lipinski definition) is 6. The highest BCUT2D eigenvalue weighted by Gasteiger charge is 2.10. The summed E-state index contributed by atoms with van der Waals surface area (Å²) in [6, 6.07) is 0. The maximum absolute atomic E-state index is 10.8. The molecule has 0 aromatic rings. The van der Waals surface area contributed by atoms with Gasteiger partial charge in [0.25, 0.3) is 6.29 Å². The number of oxime groups is 1. The molecule has 96 valence electrons. The molecule has 0 aliphatic heterocycles. The Labute approximate surface area is 99.8 Å². The first-order valence-corrected chi connectivity index (χ1v) is 5.54. The normalized spacial score (nSPS) is 17.9. The van der Waals surface area contributed by atoms with Crippen LogP contribution in [0.3, 0.4) is 0 Å². The van der Waals surface area contributed by atoms with Crippen LogP contribution in [-0.2, 0) is 19.3 Å². The van der Waals surface area contributed by atoms with Crippen LogP contribution in [0.25, 0.3) is 0 Å². The van der Waals surface area contributed by atoms with Crippen molar-refractivity contribution >= 4 is 11.7 Å². The van der Waals surface area contributed by atoms with E-state index in [1.165, 1.54) is 19.6 Å². The van der Waals surface area contributed by atoms with E-state index >= 15 is 0 Å². The minimum absolute atomic E-state index is 0.555. The molecule has 1 aliphatic rings. The highest BCUT2D eigenvalue weighted by atomic mass is 17.1. The molecule has 1 rings (SSSR count). The van der Waals surface area contributed by atoms with Gasteiger partial charge in [0, 0.05) is 6.08 Å². The van der Waals surface area contributed by atoms with E-state index < -0.39 is 12.3 Å². The Kier molecular flexibility index (Phi) is 6.27. The van der Waals surface area contributed by atoms with E-state index in [9.17, 15) is 4.79 Å². The van der Waals surface area contributed by atoms with Crippen molar-refractivity contribution in [2.75, 3.05) is 7.11 Å². The highest BCUT2D eigenvalue weighted by Crippen LogP contribution is 2.15. The zero-order valence-electron chi connectivity index (χ0n) is 9.80. The third-order valence-electron chi connectivity index (χ3n) is 2.41. The van der Waals surface area contributed by atoms with Crippen molar-refractivity contribution in [2.24, 2.45) is 5.16 Å². The molecule has 1 aliphatic carbocycles. The van der Waals surface area contributed by atoms with Gasteiger partial charge < -0.3 is 9.57 Å². The molecule has 1 atom stereocenters. The van der Waals surface area contributed by atoms with Crippen LogP contribution in [0, 0.1) is 0 Å². The predicted molar refractivity (Wildman–Crippen MR) is 60.3 cm³/mol. The maximum Gasteiger partial charge on any atom is 0.330 e. The van der Waals surface area contributed by atoms with Gasteiger partial charge in [0.2, 0.25) is 0 Å². The molecule has 6 heteroatoms. The molecule has 6 nitrogen and oxygen atoms in total. The first-order chi connectivity index (χ1) is 8.26. The molecular formula is C11H17NO5. The molecule has 1 saturated carbocycles. The number of esters is 1. The molecule has 1 N–H and O–H groups in total. The van der Waals surface area contributed by atoms with Gasteiger partial charge in [0.1, 0.15) is 0 Å². The van der Waals surface area contributed by atoms with Gasteiger partial charge in [0.05, 0.1) is 12.8 Å². The number of nitrogens with zero attached hydrogens (tertiary/aromatic N) is 1. The average molecular weight is 243 g/mol. The zero-order chi connectivity index (χ0) is 12.5. The van der Waals surface area contributed by atoms with E-state index in [4.69, 9.17) is 10.1 Å². The van der Waals surface area contributed by atoms with Gasteiger partial charge >= 0.3 is 5.97 Å². The van der Waals surface area contributed by atoms with Crippen LogP contribution in [0.15, 0.2) is 17.3 Å². The van der Waals surface area contributed by atoms with Crippen molar-refractivity contribution in [2.45, 2.75) is 38.4 Å². The third-order valence-corrected chi connectivity index (χ3v) is 2.41. The monoisotopic (exact) mass is 243 g/mol. The van der Waals surface area contributed by atoms with E-state index in [0.717, 1.165) is 37.5 Å². The van der Waals surface area contributed by atoms with Crippen LogP contribution >= 0.6 is 0 Å². The molecule has 0 heterocycles. The molecule has 0 amide bonds. The number of carbonyl (C=O) groups is 1. The fourth-order valence-electron chi connectivity index (χ4n) is 1.49. The summed E-state index contributed by atoms with van der Waals surface area (Å²) in [4.78, 5) is 19.8. The van der Waals surface area contributed by atoms with Crippen molar-refractivity contribution in [3.63, 3.8) is 0 Å². The second kappa shape index (κ2) is 7.81. The van der Waals surface area contributed by atoms with E-state index in [1.54, 1.807) is 0 Å². The maximum atomic E-state index is 10.8. The molecule has 0 spiro atoms. The molecular weight excluding hydrogens is 226 g/mol. The lowest BCUT2D eigenvalue weighted by Crippen LogP contribution is -2.13. The number of ether oxygens (including phenoxy) is 1. The second-order valence-electron chi connectivity index (χ2n) is 3.68. The minimum Gasteiger partial charge on any atom is -0.466 e. The minimum atomic E-state index is -1.09. The zero-order valence-corrected chi connectivity index (χ0v) is 9.80. The Hall–Kier alpha value is -1.40. The summed E-state index contributed by atoms with van der Waals surface area (Å²) < 4.78 is 4.39. The highest BCUT2D eigenvalue weighted by molar-refractivity contribution is 5.84. The van der Waals surface area contributed by atoms with Crippen molar-refractivity contribution < 1.29 is 24.5 Å². The quantitative estimate of drug-likeness (QED) is 0.262. The van der Waals surface area contributed by atoms with Crippen molar-refractivity contribution in [1.29, 1.82) is 0 Å². The molecule has 0 radical (unpaired) electrons. The first-order valence-electron chi connectivity index (χ1n) is 5.54. The van der Waals surface area contributed by atoms with Crippen LogP contribution in [0.1, 0.15) is 32.1 Å². The van der Waals surface area contributed by atoms with E-state index in [0.29, 0.717) is 0 Å². The van der Waals surface area contributed by atoms with E-state index in [1.807, 2.05) is 0 Å². The molecule has 1 fully saturated rings. The van der Waals surface area contributed by atoms with Gasteiger partial charge in [-0.05, 0) is 31.8 Å². The summed E-state index contributed by atoms with van der Waals surface area (Å²) in [6.45, 7) is 0. The Morgan fingerprint density at radius 1 is 1.41 bits per heavy atom. The summed E-state index contributed by atoms with van der Waals surface area (Å²) in [5.74, 6) is -0.555. The molecule has 17 heavy (non-hydrogen) atoms. The van der Waals surface area contributed by atoms with Gasteiger partial charge in [-0.25, -0.2) is 10.1 Å². The molecule has 0 aromatic heterocycles. The van der Waals surface area contributed by atoms with Gasteiger partial charge in [0.15, 0.2) is 0 Å². The molecule has 0 aromatic carbocycles. The molecule has 0 saturated heterocycles. The van der Waals surface area contributed by atoms with Crippen molar-refractivity contribution in [3.8, 4) is 0 Å². The lowest BCUT2D eigenvalue weighted by molar-refractivity contribution is -0.329. The van der Waals surface area contributed by atoms with Crippen LogP contribution in [0.2, 0.25) is 0 Å². The van der Waals surface area contributed by atoms with Crippen LogP contribution in [0.4, 0.5) is 0 Å². The summed E-state index contributed by atoms with van der Waals surface area (Å²) in [5.41, 5.74) is 0.949. The first kappa shape index (κ1) is 13.7. The second-order valence-corrected chi connectivity index (χ2v) is 3.68. The molecule has 0 bridgehead atoms. The standard InChI is InChI=1S/C11H17NO5/c1-15-10(13)7-8-11(17-14)16-12-9-5-3-2-4-6-9/h7-8,11,14H,2-6H2,1H3/b8-7-. The number of hydrogen-bond donors (Lipinski definition) is 1. The Morgan fingerprint density at radius 3 is 2.71 bits per heavy atom. The van der Waals surface area contributed by atoms with E-state index in [2.05, 4.69) is 14.8 Å². The lowest BCUT2D eigenvalue weighted by atomic mass is 9.99. The number of methoxy groups -OCH3 is 1. The fraction of sp³-hybridized carbons (Fsp3) is 0.636. The summed E-state index contributed by atoms with van der Waals surface area (Å²) in [5, 5.41) is 12.4. The van der Waals surface area contributed by atoms with Crippen LogP contribution in [-0.4, -0.2) is 30.3 Å². The van der Waals surface area contributed by atoms with Crippen molar-refractivity contribution in [3.05, 3.63) is 12.2 Å². The Balaban J connectivity index is 2.40. The number of rotatable bonds is 5. The van der Waals surface area contributed by atoms with Crippen LogP contribution < -0.4 is 0 Å². The average Bonchev–Trinajstić information content (AvgIpc) is 2.39.